The van der Waals surface area contributed by atoms with Crippen LogP contribution in [0.4, 0.5) is 11.6 Å². The first-order valence-corrected chi connectivity index (χ1v) is 9.86. The first-order chi connectivity index (χ1) is 15.1. The molecule has 11 nitrogen and oxygen atoms in total. The maximum atomic E-state index is 6.20. The lowest BCUT2D eigenvalue weighted by Gasteiger charge is -2.14. The zero-order valence-corrected chi connectivity index (χ0v) is 17.4. The Labute approximate surface area is 178 Å². The number of nitrogens with zero attached hydrogens (tertiary/aromatic N) is 7. The van der Waals surface area contributed by atoms with Crippen LogP contribution in [-0.4, -0.2) is 60.9 Å². The molecule has 1 saturated heterocycles. The van der Waals surface area contributed by atoms with Crippen LogP contribution in [0.5, 0.6) is 11.6 Å². The predicted octanol–water partition coefficient (Wildman–Crippen LogP) is 2.08. The summed E-state index contributed by atoms with van der Waals surface area (Å²) in [5.74, 6) is 3.01. The molecular formula is C20H22N8O3. The fraction of sp³-hybridized carbons (Fsp3) is 0.350. The smallest absolute Gasteiger partial charge is 0.216 e. The van der Waals surface area contributed by atoms with E-state index in [1.54, 1.807) is 34.9 Å². The van der Waals surface area contributed by atoms with Crippen LogP contribution in [0.15, 0.2) is 30.6 Å². The van der Waals surface area contributed by atoms with Crippen LogP contribution in [0, 0.1) is 0 Å². The number of fused-ring (bicyclic) bond motifs is 1. The minimum absolute atomic E-state index is 0.0205. The van der Waals surface area contributed by atoms with Gasteiger partial charge in [-0.3, -0.25) is 9.36 Å². The van der Waals surface area contributed by atoms with E-state index in [2.05, 4.69) is 25.5 Å². The standard InChI is InChI=1S/C20H22N8O3/c1-27-17(8-14(26-27)19-21-6-4-18(25-19)29-3)23-16-9-15(31-12-5-7-30-11-12)13-10-22-28(2)20(13)24-16/h4,6,8-10,12H,5,7,11H2,1-3H3,(H,23,24)/t12-/m1/s1. The van der Waals surface area contributed by atoms with Gasteiger partial charge in [-0.05, 0) is 0 Å². The number of pyridine rings is 1. The molecule has 1 aliphatic rings. The SMILES string of the molecule is COc1ccnc(-c2cc(Nc3cc(O[C@@H]4CCOC4)c4cnn(C)c4n3)n(C)n2)n1. The minimum atomic E-state index is 0.0205. The number of anilines is 2. The molecule has 0 bridgehead atoms. The van der Waals surface area contributed by atoms with Gasteiger partial charge in [0, 0.05) is 44.9 Å². The normalized spacial score (nSPS) is 16.0. The van der Waals surface area contributed by atoms with Crippen molar-refractivity contribution in [3.8, 4) is 23.1 Å². The highest BCUT2D eigenvalue weighted by Gasteiger charge is 2.21. The summed E-state index contributed by atoms with van der Waals surface area (Å²) in [6, 6.07) is 5.42. The fourth-order valence-corrected chi connectivity index (χ4v) is 3.44. The number of hydrogen-bond donors (Lipinski definition) is 1. The molecule has 0 unspecified atom stereocenters. The van der Waals surface area contributed by atoms with Gasteiger partial charge in [-0.15, -0.1) is 0 Å². The van der Waals surface area contributed by atoms with E-state index in [-0.39, 0.29) is 6.10 Å². The number of hydrogen-bond acceptors (Lipinski definition) is 9. The fourth-order valence-electron chi connectivity index (χ4n) is 3.44. The lowest BCUT2D eigenvalue weighted by Crippen LogP contribution is -2.16. The Morgan fingerprint density at radius 2 is 2.10 bits per heavy atom. The number of rotatable bonds is 6. The Morgan fingerprint density at radius 3 is 2.90 bits per heavy atom. The average Bonchev–Trinajstić information content (AvgIpc) is 3.51. The quantitative estimate of drug-likeness (QED) is 0.499. The molecule has 11 heteroatoms. The summed E-state index contributed by atoms with van der Waals surface area (Å²) in [6.07, 6.45) is 4.28. The molecule has 31 heavy (non-hydrogen) atoms. The second kappa shape index (κ2) is 7.84. The van der Waals surface area contributed by atoms with Gasteiger partial charge in [0.05, 0.1) is 31.9 Å². The van der Waals surface area contributed by atoms with Crippen LogP contribution in [0.1, 0.15) is 6.42 Å². The first kappa shape index (κ1) is 19.2. The van der Waals surface area contributed by atoms with Gasteiger partial charge in [0.15, 0.2) is 11.5 Å². The maximum absolute atomic E-state index is 6.20. The molecular weight excluding hydrogens is 400 g/mol. The van der Waals surface area contributed by atoms with Crippen molar-refractivity contribution in [3.05, 3.63) is 30.6 Å². The van der Waals surface area contributed by atoms with Crippen molar-refractivity contribution in [2.45, 2.75) is 12.5 Å². The minimum Gasteiger partial charge on any atom is -0.487 e. The Kier molecular flexibility index (Phi) is 4.86. The molecule has 1 N–H and O–H groups in total. The van der Waals surface area contributed by atoms with Gasteiger partial charge >= 0.3 is 0 Å². The molecule has 0 aromatic carbocycles. The van der Waals surface area contributed by atoms with Crippen molar-refractivity contribution in [3.63, 3.8) is 0 Å². The topological polar surface area (TPSA) is 114 Å². The second-order valence-electron chi connectivity index (χ2n) is 7.20. The molecule has 0 spiro atoms. The molecule has 5 rings (SSSR count). The Hall–Kier alpha value is -3.73. The number of nitrogens with one attached hydrogen (secondary N) is 1. The van der Waals surface area contributed by atoms with Gasteiger partial charge in [-0.2, -0.15) is 15.2 Å². The molecule has 160 valence electrons. The molecule has 1 atom stereocenters. The molecule has 1 aliphatic heterocycles. The van der Waals surface area contributed by atoms with Crippen molar-refractivity contribution in [1.29, 1.82) is 0 Å². The van der Waals surface area contributed by atoms with Crippen molar-refractivity contribution in [2.24, 2.45) is 14.1 Å². The van der Waals surface area contributed by atoms with Gasteiger partial charge in [-0.25, -0.2) is 9.97 Å². The number of aromatic nitrogens is 7. The van der Waals surface area contributed by atoms with Gasteiger partial charge in [0.25, 0.3) is 0 Å². The Bertz CT molecular complexity index is 1230. The summed E-state index contributed by atoms with van der Waals surface area (Å²) in [5, 5.41) is 13.0. The molecule has 4 aromatic rings. The third kappa shape index (κ3) is 3.75. The lowest BCUT2D eigenvalue weighted by molar-refractivity contribution is 0.142. The van der Waals surface area contributed by atoms with Crippen molar-refractivity contribution in [1.82, 2.24) is 34.5 Å². The summed E-state index contributed by atoms with van der Waals surface area (Å²) in [4.78, 5) is 13.3. The molecule has 4 aromatic heterocycles. The van der Waals surface area contributed by atoms with E-state index in [0.29, 0.717) is 36.4 Å². The van der Waals surface area contributed by atoms with E-state index in [4.69, 9.17) is 19.2 Å². The van der Waals surface area contributed by atoms with Crippen molar-refractivity contribution < 1.29 is 14.2 Å². The van der Waals surface area contributed by atoms with E-state index in [1.807, 2.05) is 26.2 Å². The third-order valence-corrected chi connectivity index (χ3v) is 5.05. The monoisotopic (exact) mass is 422 g/mol. The zero-order chi connectivity index (χ0) is 21.4. The molecule has 0 saturated carbocycles. The van der Waals surface area contributed by atoms with Gasteiger partial charge in [0.1, 0.15) is 29.2 Å². The highest BCUT2D eigenvalue weighted by molar-refractivity contribution is 5.84. The largest absolute Gasteiger partial charge is 0.487 e. The van der Waals surface area contributed by atoms with E-state index in [9.17, 15) is 0 Å². The van der Waals surface area contributed by atoms with Crippen LogP contribution in [-0.2, 0) is 18.8 Å². The van der Waals surface area contributed by atoms with Crippen LogP contribution in [0.25, 0.3) is 22.6 Å². The average molecular weight is 422 g/mol. The highest BCUT2D eigenvalue weighted by atomic mass is 16.5. The summed E-state index contributed by atoms with van der Waals surface area (Å²) in [7, 11) is 5.25. The van der Waals surface area contributed by atoms with Crippen LogP contribution in [0.2, 0.25) is 0 Å². The zero-order valence-electron chi connectivity index (χ0n) is 17.4. The summed E-state index contributed by atoms with van der Waals surface area (Å²) in [5.41, 5.74) is 1.34. The lowest BCUT2D eigenvalue weighted by atomic mass is 10.3. The number of ether oxygens (including phenoxy) is 3. The first-order valence-electron chi connectivity index (χ1n) is 9.86. The van der Waals surface area contributed by atoms with Gasteiger partial charge in [-0.1, -0.05) is 0 Å². The van der Waals surface area contributed by atoms with E-state index in [1.165, 1.54) is 0 Å². The van der Waals surface area contributed by atoms with Crippen LogP contribution in [0.3, 0.4) is 0 Å². The number of methoxy groups -OCH3 is 1. The maximum Gasteiger partial charge on any atom is 0.216 e. The van der Waals surface area contributed by atoms with E-state index >= 15 is 0 Å². The van der Waals surface area contributed by atoms with Gasteiger partial charge < -0.3 is 19.5 Å². The van der Waals surface area contributed by atoms with Crippen molar-refractivity contribution >= 4 is 22.7 Å². The van der Waals surface area contributed by atoms with Crippen LogP contribution < -0.4 is 14.8 Å². The number of aryl methyl sites for hydroxylation is 2. The summed E-state index contributed by atoms with van der Waals surface area (Å²) in [6.45, 7) is 1.29. The molecule has 1 fully saturated rings. The van der Waals surface area contributed by atoms with Gasteiger partial charge in [0.2, 0.25) is 5.88 Å². The Morgan fingerprint density at radius 1 is 1.19 bits per heavy atom. The van der Waals surface area contributed by atoms with E-state index < -0.39 is 0 Å². The van der Waals surface area contributed by atoms with Crippen LogP contribution >= 0.6 is 0 Å². The Balaban J connectivity index is 1.47. The predicted molar refractivity (Wildman–Crippen MR) is 112 cm³/mol. The van der Waals surface area contributed by atoms with E-state index in [0.717, 1.165) is 29.0 Å². The van der Waals surface area contributed by atoms with Crippen molar-refractivity contribution in [2.75, 3.05) is 25.6 Å². The molecule has 5 heterocycles. The summed E-state index contributed by atoms with van der Waals surface area (Å²) < 4.78 is 20.2. The third-order valence-electron chi connectivity index (χ3n) is 5.05. The highest BCUT2D eigenvalue weighted by Crippen LogP contribution is 2.31. The second-order valence-corrected chi connectivity index (χ2v) is 7.20. The summed E-state index contributed by atoms with van der Waals surface area (Å²) >= 11 is 0. The molecule has 0 amide bonds. The molecule has 0 radical (unpaired) electrons. The molecule has 0 aliphatic carbocycles.